The van der Waals surface area contributed by atoms with E-state index in [2.05, 4.69) is 4.98 Å². The highest BCUT2D eigenvalue weighted by Crippen LogP contribution is 2.32. The van der Waals surface area contributed by atoms with Gasteiger partial charge in [-0.3, -0.25) is 14.1 Å². The van der Waals surface area contributed by atoms with Crippen molar-refractivity contribution in [3.63, 3.8) is 0 Å². The molecule has 0 atom stereocenters. The lowest BCUT2D eigenvalue weighted by Crippen LogP contribution is -2.27. The van der Waals surface area contributed by atoms with Crippen LogP contribution in [0.3, 0.4) is 0 Å². The SMILES string of the molecule is Cn1c(=O)n(CC(C)(C)C)c2ccc(-c3cc(C(F)(F)F)ccn3)cc21. The van der Waals surface area contributed by atoms with Gasteiger partial charge in [0.05, 0.1) is 22.3 Å². The monoisotopic (exact) mass is 363 g/mol. The van der Waals surface area contributed by atoms with Crippen LogP contribution in [-0.2, 0) is 19.8 Å². The van der Waals surface area contributed by atoms with Crippen molar-refractivity contribution in [2.75, 3.05) is 0 Å². The van der Waals surface area contributed by atoms with Crippen LogP contribution in [0.25, 0.3) is 22.3 Å². The topological polar surface area (TPSA) is 39.8 Å². The number of rotatable bonds is 2. The van der Waals surface area contributed by atoms with Crippen LogP contribution in [0.2, 0.25) is 0 Å². The second kappa shape index (κ2) is 6.00. The summed E-state index contributed by atoms with van der Waals surface area (Å²) in [5.41, 5.74) is 1.19. The fourth-order valence-corrected chi connectivity index (χ4v) is 2.96. The number of pyridine rings is 1. The zero-order valence-electron chi connectivity index (χ0n) is 15.1. The zero-order chi connectivity index (χ0) is 19.3. The number of hydrogen-bond donors (Lipinski definition) is 0. The van der Waals surface area contributed by atoms with E-state index in [-0.39, 0.29) is 16.8 Å². The van der Waals surface area contributed by atoms with Crippen molar-refractivity contribution in [2.45, 2.75) is 33.5 Å². The molecule has 138 valence electrons. The van der Waals surface area contributed by atoms with Gasteiger partial charge in [-0.05, 0) is 29.7 Å². The molecule has 0 unspecified atom stereocenters. The predicted molar refractivity (Wildman–Crippen MR) is 94.9 cm³/mol. The highest BCUT2D eigenvalue weighted by Gasteiger charge is 2.30. The molecular weight excluding hydrogens is 343 g/mol. The van der Waals surface area contributed by atoms with Crippen molar-refractivity contribution in [1.29, 1.82) is 0 Å². The van der Waals surface area contributed by atoms with Gasteiger partial charge in [0.25, 0.3) is 0 Å². The molecule has 26 heavy (non-hydrogen) atoms. The van der Waals surface area contributed by atoms with Crippen LogP contribution in [0.1, 0.15) is 26.3 Å². The second-order valence-electron chi connectivity index (χ2n) is 7.62. The largest absolute Gasteiger partial charge is 0.416 e. The van der Waals surface area contributed by atoms with Gasteiger partial charge in [-0.2, -0.15) is 13.2 Å². The molecule has 0 spiro atoms. The molecule has 0 fully saturated rings. The van der Waals surface area contributed by atoms with Crippen molar-refractivity contribution >= 4 is 11.0 Å². The summed E-state index contributed by atoms with van der Waals surface area (Å²) in [6.45, 7) is 6.67. The fraction of sp³-hybridized carbons (Fsp3) is 0.368. The first kappa shape index (κ1) is 18.2. The smallest absolute Gasteiger partial charge is 0.295 e. The van der Waals surface area contributed by atoms with E-state index in [1.165, 1.54) is 4.57 Å². The van der Waals surface area contributed by atoms with Crippen LogP contribution < -0.4 is 5.69 Å². The molecule has 0 aliphatic heterocycles. The molecule has 3 rings (SSSR count). The third-order valence-corrected chi connectivity index (χ3v) is 4.16. The van der Waals surface area contributed by atoms with E-state index in [9.17, 15) is 18.0 Å². The van der Waals surface area contributed by atoms with Crippen molar-refractivity contribution in [2.24, 2.45) is 12.5 Å². The number of imidazole rings is 1. The minimum atomic E-state index is -4.43. The summed E-state index contributed by atoms with van der Waals surface area (Å²) >= 11 is 0. The Morgan fingerprint density at radius 2 is 1.73 bits per heavy atom. The molecule has 0 aliphatic carbocycles. The highest BCUT2D eigenvalue weighted by atomic mass is 19.4. The number of aromatic nitrogens is 3. The molecule has 0 aliphatic rings. The number of nitrogens with zero attached hydrogens (tertiary/aromatic N) is 3. The van der Waals surface area contributed by atoms with Crippen molar-refractivity contribution in [3.05, 3.63) is 52.6 Å². The summed E-state index contributed by atoms with van der Waals surface area (Å²) in [5.74, 6) is 0. The average molecular weight is 363 g/mol. The maximum atomic E-state index is 12.9. The van der Waals surface area contributed by atoms with Gasteiger partial charge >= 0.3 is 11.9 Å². The average Bonchev–Trinajstić information content (AvgIpc) is 2.77. The van der Waals surface area contributed by atoms with E-state index in [4.69, 9.17) is 0 Å². The number of benzene rings is 1. The minimum Gasteiger partial charge on any atom is -0.295 e. The maximum Gasteiger partial charge on any atom is 0.416 e. The summed E-state index contributed by atoms with van der Waals surface area (Å²) in [5, 5.41) is 0. The van der Waals surface area contributed by atoms with Gasteiger partial charge in [-0.1, -0.05) is 26.8 Å². The van der Waals surface area contributed by atoms with Crippen LogP contribution in [0.4, 0.5) is 13.2 Å². The quantitative estimate of drug-likeness (QED) is 0.674. The van der Waals surface area contributed by atoms with Gasteiger partial charge in [0.1, 0.15) is 0 Å². The molecule has 1 aromatic carbocycles. The number of fused-ring (bicyclic) bond motifs is 1. The first-order valence-corrected chi connectivity index (χ1v) is 8.20. The van der Waals surface area contributed by atoms with Gasteiger partial charge in [-0.15, -0.1) is 0 Å². The van der Waals surface area contributed by atoms with Gasteiger partial charge in [0, 0.05) is 25.4 Å². The van der Waals surface area contributed by atoms with E-state index >= 15 is 0 Å². The standard InChI is InChI=1S/C19H20F3N3O/c1-18(2,3)11-25-15-6-5-12(9-16(15)24(4)17(25)26)14-10-13(7-8-23-14)19(20,21)22/h5-10H,11H2,1-4H3. The Labute approximate surface area is 148 Å². The third-order valence-electron chi connectivity index (χ3n) is 4.16. The van der Waals surface area contributed by atoms with Crippen molar-refractivity contribution < 1.29 is 13.2 Å². The lowest BCUT2D eigenvalue weighted by atomic mass is 9.97. The molecule has 0 N–H and O–H groups in total. The molecule has 0 saturated carbocycles. The van der Waals surface area contributed by atoms with Gasteiger partial charge in [-0.25, -0.2) is 4.79 Å². The Morgan fingerprint density at radius 3 is 2.35 bits per heavy atom. The molecule has 0 radical (unpaired) electrons. The molecule has 0 saturated heterocycles. The summed E-state index contributed by atoms with van der Waals surface area (Å²) < 4.78 is 42.0. The lowest BCUT2D eigenvalue weighted by molar-refractivity contribution is -0.137. The summed E-state index contributed by atoms with van der Waals surface area (Å²) in [6.07, 6.45) is -3.28. The molecule has 2 aromatic heterocycles. The Kier molecular flexibility index (Phi) is 4.21. The molecule has 7 heteroatoms. The van der Waals surface area contributed by atoms with Gasteiger partial charge in [0.2, 0.25) is 0 Å². The molecule has 2 heterocycles. The van der Waals surface area contributed by atoms with Crippen LogP contribution in [0.5, 0.6) is 0 Å². The van der Waals surface area contributed by atoms with Crippen LogP contribution in [0.15, 0.2) is 41.3 Å². The highest BCUT2D eigenvalue weighted by molar-refractivity contribution is 5.82. The third kappa shape index (κ3) is 3.38. The van der Waals surface area contributed by atoms with Crippen LogP contribution in [-0.4, -0.2) is 14.1 Å². The summed E-state index contributed by atoms with van der Waals surface area (Å²) in [4.78, 5) is 16.6. The predicted octanol–water partition coefficient (Wildman–Crippen LogP) is 4.47. The molecule has 0 bridgehead atoms. The Balaban J connectivity index is 2.14. The maximum absolute atomic E-state index is 12.9. The zero-order valence-corrected chi connectivity index (χ0v) is 15.1. The van der Waals surface area contributed by atoms with E-state index in [0.29, 0.717) is 17.6 Å². The van der Waals surface area contributed by atoms with Gasteiger partial charge in [0.15, 0.2) is 0 Å². The van der Waals surface area contributed by atoms with Crippen molar-refractivity contribution in [1.82, 2.24) is 14.1 Å². The second-order valence-corrected chi connectivity index (χ2v) is 7.62. The van der Waals surface area contributed by atoms with E-state index in [1.54, 1.807) is 29.8 Å². The first-order valence-electron chi connectivity index (χ1n) is 8.20. The minimum absolute atomic E-state index is 0.0840. The Bertz CT molecular complexity index is 1020. The summed E-state index contributed by atoms with van der Waals surface area (Å²) in [6, 6.07) is 7.13. The molecule has 4 nitrogen and oxygen atoms in total. The van der Waals surface area contributed by atoms with Crippen LogP contribution in [0, 0.1) is 5.41 Å². The summed E-state index contributed by atoms with van der Waals surface area (Å²) in [7, 11) is 1.66. The van der Waals surface area contributed by atoms with E-state index in [0.717, 1.165) is 23.8 Å². The Morgan fingerprint density at radius 1 is 1.04 bits per heavy atom. The Hall–Kier alpha value is -2.57. The van der Waals surface area contributed by atoms with Crippen molar-refractivity contribution in [3.8, 4) is 11.3 Å². The van der Waals surface area contributed by atoms with Crippen LogP contribution >= 0.6 is 0 Å². The normalized spacial score (nSPS) is 12.7. The van der Waals surface area contributed by atoms with E-state index in [1.807, 2.05) is 20.8 Å². The number of hydrogen-bond acceptors (Lipinski definition) is 2. The molecule has 3 aromatic rings. The fourth-order valence-electron chi connectivity index (χ4n) is 2.96. The molecule has 0 amide bonds. The van der Waals surface area contributed by atoms with Gasteiger partial charge < -0.3 is 0 Å². The lowest BCUT2D eigenvalue weighted by Gasteiger charge is -2.18. The number of alkyl halides is 3. The number of aryl methyl sites for hydroxylation is 1. The number of halogens is 3. The van der Waals surface area contributed by atoms with E-state index < -0.39 is 11.7 Å². The first-order chi connectivity index (χ1) is 12.0. The molecular formula is C19H20F3N3O.